The van der Waals surface area contributed by atoms with Crippen LogP contribution in [0.4, 0.5) is 13.6 Å². The van der Waals surface area contributed by atoms with E-state index in [2.05, 4.69) is 21.3 Å². The SMILES string of the molecule is CN(C[C@@H](NC(=O)N[C@H](C(=O)N1C[C@H]2[C@@H]([C@H]1C(=O)N[C@@H](CC(F)F)C(=O)NCCC(c1ccccc1)c1ccccc1)C2(C)C)C(C)(C)C)C(C)(C)C)S(C)(=O)=O. The molecule has 1 aliphatic heterocycles. The molecule has 2 aromatic rings. The second kappa shape index (κ2) is 17.8. The number of fused-ring (bicyclic) bond motifs is 1. The van der Waals surface area contributed by atoms with Gasteiger partial charge in [-0.25, -0.2) is 26.3 Å². The molecule has 0 spiro atoms. The molecule has 4 N–H and O–H groups in total. The van der Waals surface area contributed by atoms with E-state index in [4.69, 9.17) is 0 Å². The number of rotatable bonds is 16. The van der Waals surface area contributed by atoms with Gasteiger partial charge in [-0.15, -0.1) is 0 Å². The summed E-state index contributed by atoms with van der Waals surface area (Å²) in [5.74, 6) is -2.39. The number of amides is 5. The van der Waals surface area contributed by atoms with E-state index in [-0.39, 0.29) is 42.8 Å². The summed E-state index contributed by atoms with van der Waals surface area (Å²) in [7, 11) is -2.12. The van der Waals surface area contributed by atoms with Gasteiger partial charge in [-0.05, 0) is 45.6 Å². The fourth-order valence-electron chi connectivity index (χ4n) is 7.91. The second-order valence-corrected chi connectivity index (χ2v) is 20.5. The van der Waals surface area contributed by atoms with Gasteiger partial charge in [-0.1, -0.05) is 116 Å². The molecule has 2 aliphatic rings. The van der Waals surface area contributed by atoms with E-state index in [9.17, 15) is 36.4 Å². The normalized spacial score (nSPS) is 20.8. The zero-order valence-electron chi connectivity index (χ0n) is 34.9. The maximum absolute atomic E-state index is 14.5. The van der Waals surface area contributed by atoms with E-state index in [1.165, 1.54) is 11.9 Å². The van der Waals surface area contributed by atoms with Crippen molar-refractivity contribution in [2.75, 3.05) is 32.9 Å². The van der Waals surface area contributed by atoms with Crippen LogP contribution in [0, 0.1) is 28.1 Å². The second-order valence-electron chi connectivity index (χ2n) is 18.4. The molecule has 0 bridgehead atoms. The van der Waals surface area contributed by atoms with Crippen molar-refractivity contribution in [1.29, 1.82) is 0 Å². The van der Waals surface area contributed by atoms with Gasteiger partial charge < -0.3 is 26.2 Å². The van der Waals surface area contributed by atoms with Crippen LogP contribution in [0.2, 0.25) is 0 Å². The molecule has 2 fully saturated rings. The van der Waals surface area contributed by atoms with Gasteiger partial charge in [-0.2, -0.15) is 0 Å². The molecular weight excluding hydrogens is 755 g/mol. The Morgan fingerprint density at radius 1 is 0.877 bits per heavy atom. The molecular formula is C42H62F2N6O6S. The average Bonchev–Trinajstić information content (AvgIpc) is 3.40. The maximum Gasteiger partial charge on any atom is 0.315 e. The number of carbonyl (C=O) groups excluding carboxylic acids is 4. The number of carbonyl (C=O) groups is 4. The van der Waals surface area contributed by atoms with Crippen molar-refractivity contribution >= 4 is 33.8 Å². The van der Waals surface area contributed by atoms with E-state index < -0.39 is 81.6 Å². The third-order valence-corrected chi connectivity index (χ3v) is 13.0. The number of nitrogens with one attached hydrogen (secondary N) is 4. The first-order valence-electron chi connectivity index (χ1n) is 19.6. The molecule has 57 heavy (non-hydrogen) atoms. The summed E-state index contributed by atoms with van der Waals surface area (Å²) in [6.07, 6.45) is -2.24. The molecule has 316 valence electrons. The van der Waals surface area contributed by atoms with Crippen LogP contribution in [0.25, 0.3) is 0 Å². The largest absolute Gasteiger partial charge is 0.354 e. The smallest absolute Gasteiger partial charge is 0.315 e. The third-order valence-electron chi connectivity index (χ3n) is 11.7. The molecule has 0 aromatic heterocycles. The minimum atomic E-state index is -3.54. The van der Waals surface area contributed by atoms with E-state index in [1.807, 2.05) is 95.3 Å². The molecule has 6 atom stereocenters. The zero-order valence-corrected chi connectivity index (χ0v) is 35.8. The molecule has 4 rings (SSSR count). The van der Waals surface area contributed by atoms with Gasteiger partial charge in [0.2, 0.25) is 34.2 Å². The Hall–Kier alpha value is -4.11. The first-order chi connectivity index (χ1) is 26.3. The van der Waals surface area contributed by atoms with Crippen LogP contribution in [0.3, 0.4) is 0 Å². The standard InChI is InChI=1S/C42H62F2N6O6S/c1-40(2,3)31(25-49(9)57(10,55)56)47-39(54)48-35(41(4,5)6)38(53)50-24-29-33(42(29,7)8)34(50)37(52)46-30(23-32(43)44)36(51)45-22-21-28(26-17-13-11-14-18-26)27-19-15-12-16-20-27/h11-20,28-35H,21-25H2,1-10H3,(H,45,51)(H,46,52)(H2,47,48,54)/t29-,30-,31+,33-,34-,35+/m0/s1. The van der Waals surface area contributed by atoms with Crippen molar-refractivity contribution in [3.8, 4) is 0 Å². The molecule has 12 nitrogen and oxygen atoms in total. The van der Waals surface area contributed by atoms with Crippen LogP contribution >= 0.6 is 0 Å². The van der Waals surface area contributed by atoms with Crippen molar-refractivity contribution in [2.24, 2.45) is 28.1 Å². The van der Waals surface area contributed by atoms with Crippen LogP contribution in [-0.2, 0) is 24.4 Å². The fourth-order valence-corrected chi connectivity index (χ4v) is 8.33. The first kappa shape index (κ1) is 45.6. The van der Waals surface area contributed by atoms with Gasteiger partial charge in [0.15, 0.2) is 0 Å². The summed E-state index contributed by atoms with van der Waals surface area (Å²) >= 11 is 0. The van der Waals surface area contributed by atoms with Gasteiger partial charge in [0.25, 0.3) is 0 Å². The Labute approximate surface area is 337 Å². The summed E-state index contributed by atoms with van der Waals surface area (Å²) in [4.78, 5) is 57.1. The van der Waals surface area contributed by atoms with E-state index in [0.29, 0.717) is 6.42 Å². The number of hydrogen-bond donors (Lipinski definition) is 4. The number of hydrogen-bond acceptors (Lipinski definition) is 6. The minimum Gasteiger partial charge on any atom is -0.354 e. The van der Waals surface area contributed by atoms with Gasteiger partial charge in [0.05, 0.1) is 6.26 Å². The minimum absolute atomic E-state index is 0.00923. The molecule has 1 saturated carbocycles. The highest BCUT2D eigenvalue weighted by atomic mass is 32.2. The van der Waals surface area contributed by atoms with Crippen molar-refractivity contribution in [3.63, 3.8) is 0 Å². The van der Waals surface area contributed by atoms with Gasteiger partial charge in [0.1, 0.15) is 18.1 Å². The Bertz CT molecular complexity index is 1790. The van der Waals surface area contributed by atoms with Crippen molar-refractivity contribution < 1.29 is 36.4 Å². The highest BCUT2D eigenvalue weighted by Crippen LogP contribution is 2.65. The summed E-state index contributed by atoms with van der Waals surface area (Å²) < 4.78 is 53.4. The van der Waals surface area contributed by atoms with Crippen LogP contribution in [0.15, 0.2) is 60.7 Å². The number of alkyl halides is 2. The third kappa shape index (κ3) is 11.5. The molecule has 2 aromatic carbocycles. The number of likely N-dealkylation sites (tertiary alicyclic amines) is 1. The summed E-state index contributed by atoms with van der Waals surface area (Å²) in [5, 5.41) is 11.0. The van der Waals surface area contributed by atoms with Crippen LogP contribution < -0.4 is 21.3 Å². The lowest BCUT2D eigenvalue weighted by Gasteiger charge is -2.39. The molecule has 0 unspecified atom stereocenters. The monoisotopic (exact) mass is 816 g/mol. The number of sulfonamides is 1. The quantitative estimate of drug-likeness (QED) is 0.188. The van der Waals surface area contributed by atoms with Gasteiger partial charge in [0, 0.05) is 45.1 Å². The Kier molecular flexibility index (Phi) is 14.2. The summed E-state index contributed by atoms with van der Waals surface area (Å²) in [5.41, 5.74) is 0.356. The highest BCUT2D eigenvalue weighted by Gasteiger charge is 2.70. The summed E-state index contributed by atoms with van der Waals surface area (Å²) in [6, 6.07) is 14.5. The number of piperidine rings is 1. The van der Waals surface area contributed by atoms with Crippen molar-refractivity contribution in [3.05, 3.63) is 71.8 Å². The van der Waals surface area contributed by atoms with Crippen LogP contribution in [0.5, 0.6) is 0 Å². The zero-order chi connectivity index (χ0) is 42.7. The van der Waals surface area contributed by atoms with Gasteiger partial charge >= 0.3 is 6.03 Å². The highest BCUT2D eigenvalue weighted by molar-refractivity contribution is 7.88. The predicted octanol–water partition coefficient (Wildman–Crippen LogP) is 4.97. The van der Waals surface area contributed by atoms with Crippen molar-refractivity contribution in [2.45, 2.75) is 105 Å². The average molecular weight is 817 g/mol. The van der Waals surface area contributed by atoms with Crippen molar-refractivity contribution in [1.82, 2.24) is 30.5 Å². The number of nitrogens with zero attached hydrogens (tertiary/aromatic N) is 2. The Balaban J connectivity index is 1.50. The Morgan fingerprint density at radius 2 is 1.42 bits per heavy atom. The number of benzene rings is 2. The number of likely N-dealkylation sites (N-methyl/N-ethyl adjacent to an activating group) is 1. The summed E-state index contributed by atoms with van der Waals surface area (Å²) in [6.45, 7) is 15.2. The van der Waals surface area contributed by atoms with E-state index >= 15 is 0 Å². The number of urea groups is 1. The molecule has 1 saturated heterocycles. The van der Waals surface area contributed by atoms with E-state index in [1.54, 1.807) is 20.8 Å². The molecule has 15 heteroatoms. The van der Waals surface area contributed by atoms with Gasteiger partial charge in [-0.3, -0.25) is 14.4 Å². The topological polar surface area (TPSA) is 157 Å². The molecule has 1 aliphatic carbocycles. The van der Waals surface area contributed by atoms with E-state index in [0.717, 1.165) is 21.7 Å². The maximum atomic E-state index is 14.5. The number of halogens is 2. The fraction of sp³-hybridized carbons (Fsp3) is 0.619. The molecule has 0 radical (unpaired) electrons. The lowest BCUT2D eigenvalue weighted by atomic mass is 9.85. The predicted molar refractivity (Wildman–Crippen MR) is 217 cm³/mol. The molecule has 5 amide bonds. The lowest BCUT2D eigenvalue weighted by Crippen LogP contribution is -2.62. The lowest BCUT2D eigenvalue weighted by molar-refractivity contribution is -0.144. The Morgan fingerprint density at radius 3 is 1.89 bits per heavy atom. The van der Waals surface area contributed by atoms with Crippen LogP contribution in [-0.4, -0.2) is 105 Å². The molecule has 1 heterocycles. The first-order valence-corrected chi connectivity index (χ1v) is 21.4. The van der Waals surface area contributed by atoms with Crippen LogP contribution in [0.1, 0.15) is 85.3 Å².